The Morgan fingerprint density at radius 2 is 2.21 bits per heavy atom. The molecule has 1 fully saturated rings. The quantitative estimate of drug-likeness (QED) is 0.631. The molecule has 0 radical (unpaired) electrons. The van der Waals surface area contributed by atoms with E-state index >= 15 is 0 Å². The van der Waals surface area contributed by atoms with Crippen molar-refractivity contribution >= 4 is 43.2 Å². The van der Waals surface area contributed by atoms with Crippen LogP contribution in [0, 0.1) is 17.7 Å². The van der Waals surface area contributed by atoms with Crippen molar-refractivity contribution in [2.24, 2.45) is 11.8 Å². The van der Waals surface area contributed by atoms with E-state index in [0.717, 1.165) is 12.5 Å². The SMILES string of the molecule is CC1CC1CNS(=O)(=O)c1cc(Cl)c(Br)c(N)c1F. The molecule has 0 heterocycles. The van der Waals surface area contributed by atoms with Gasteiger partial charge in [-0.15, -0.1) is 0 Å². The summed E-state index contributed by atoms with van der Waals surface area (Å²) in [6.45, 7) is 2.34. The molecule has 0 spiro atoms. The third-order valence-corrected chi connectivity index (χ3v) is 6.06. The fraction of sp³-hybridized carbons (Fsp3) is 0.455. The van der Waals surface area contributed by atoms with E-state index in [1.54, 1.807) is 0 Å². The summed E-state index contributed by atoms with van der Waals surface area (Å²) < 4.78 is 40.5. The highest BCUT2D eigenvalue weighted by Gasteiger charge is 2.34. The minimum Gasteiger partial charge on any atom is -0.395 e. The molecule has 4 nitrogen and oxygen atoms in total. The number of hydrogen-bond acceptors (Lipinski definition) is 3. The Morgan fingerprint density at radius 1 is 1.63 bits per heavy atom. The van der Waals surface area contributed by atoms with Gasteiger partial charge in [-0.2, -0.15) is 0 Å². The van der Waals surface area contributed by atoms with Gasteiger partial charge in [-0.25, -0.2) is 17.5 Å². The van der Waals surface area contributed by atoms with Crippen LogP contribution in [0.3, 0.4) is 0 Å². The number of benzene rings is 1. The Morgan fingerprint density at radius 3 is 2.74 bits per heavy atom. The summed E-state index contributed by atoms with van der Waals surface area (Å²) in [4.78, 5) is -0.522. The molecule has 2 unspecified atom stereocenters. The van der Waals surface area contributed by atoms with Gasteiger partial charge in [-0.3, -0.25) is 0 Å². The molecule has 1 aliphatic carbocycles. The number of hydrogen-bond donors (Lipinski definition) is 2. The first-order valence-corrected chi connectivity index (χ1v) is 8.32. The zero-order valence-corrected chi connectivity index (χ0v) is 13.2. The number of halogens is 3. The normalized spacial score (nSPS) is 22.5. The summed E-state index contributed by atoms with van der Waals surface area (Å²) in [5.41, 5.74) is 5.16. The number of anilines is 1. The van der Waals surface area contributed by atoms with Gasteiger partial charge in [-0.05, 0) is 40.3 Å². The molecule has 2 rings (SSSR count). The fourth-order valence-electron chi connectivity index (χ4n) is 1.77. The predicted octanol–water partition coefficient (Wildman–Crippen LogP) is 2.76. The minimum absolute atomic E-state index is 0.0547. The highest BCUT2D eigenvalue weighted by molar-refractivity contribution is 9.10. The fourth-order valence-corrected chi connectivity index (χ4v) is 3.55. The largest absolute Gasteiger partial charge is 0.395 e. The molecule has 8 heteroatoms. The van der Waals surface area contributed by atoms with E-state index in [9.17, 15) is 12.8 Å². The number of rotatable bonds is 4. The number of nitrogens with one attached hydrogen (secondary N) is 1. The molecular weight excluding hydrogens is 359 g/mol. The molecule has 1 aromatic rings. The van der Waals surface area contributed by atoms with Gasteiger partial charge in [0.1, 0.15) is 4.90 Å². The topological polar surface area (TPSA) is 72.2 Å². The zero-order valence-electron chi connectivity index (χ0n) is 10.1. The summed E-state index contributed by atoms with van der Waals surface area (Å²) in [5, 5.41) is 0.0547. The molecule has 1 aliphatic rings. The predicted molar refractivity (Wildman–Crippen MR) is 76.0 cm³/mol. The average Bonchev–Trinajstić information content (AvgIpc) is 3.05. The molecule has 19 heavy (non-hydrogen) atoms. The van der Waals surface area contributed by atoms with Crippen molar-refractivity contribution in [3.8, 4) is 0 Å². The maximum atomic E-state index is 13.9. The number of sulfonamides is 1. The van der Waals surface area contributed by atoms with E-state index in [2.05, 4.69) is 20.7 Å². The molecule has 0 amide bonds. The van der Waals surface area contributed by atoms with E-state index in [4.69, 9.17) is 17.3 Å². The van der Waals surface area contributed by atoms with E-state index in [-0.39, 0.29) is 15.2 Å². The first-order valence-electron chi connectivity index (χ1n) is 5.66. The lowest BCUT2D eigenvalue weighted by atomic mass is 10.3. The van der Waals surface area contributed by atoms with Gasteiger partial charge in [0, 0.05) is 6.54 Å². The van der Waals surface area contributed by atoms with Gasteiger partial charge in [0.25, 0.3) is 0 Å². The van der Waals surface area contributed by atoms with Crippen molar-refractivity contribution in [2.45, 2.75) is 18.2 Å². The molecule has 106 valence electrons. The van der Waals surface area contributed by atoms with Crippen LogP contribution in [-0.2, 0) is 10.0 Å². The maximum absolute atomic E-state index is 13.9. The van der Waals surface area contributed by atoms with Gasteiger partial charge in [-0.1, -0.05) is 18.5 Å². The molecule has 1 saturated carbocycles. The van der Waals surface area contributed by atoms with E-state index in [1.165, 1.54) is 0 Å². The van der Waals surface area contributed by atoms with Crippen LogP contribution in [0.15, 0.2) is 15.4 Å². The third kappa shape index (κ3) is 3.04. The number of nitrogen functional groups attached to an aromatic ring is 1. The number of nitrogens with two attached hydrogens (primary N) is 1. The summed E-state index contributed by atoms with van der Waals surface area (Å²) in [5.74, 6) is -0.167. The first-order chi connectivity index (χ1) is 8.74. The minimum atomic E-state index is -3.94. The van der Waals surface area contributed by atoms with Crippen molar-refractivity contribution in [3.63, 3.8) is 0 Å². The van der Waals surface area contributed by atoms with Crippen LogP contribution in [0.4, 0.5) is 10.1 Å². The van der Waals surface area contributed by atoms with E-state index < -0.39 is 20.7 Å². The Hall–Kier alpha value is -0.370. The van der Waals surface area contributed by atoms with Crippen molar-refractivity contribution in [3.05, 3.63) is 21.4 Å². The summed E-state index contributed by atoms with van der Waals surface area (Å²) in [6, 6.07) is 1.05. The zero-order chi connectivity index (χ0) is 14.4. The van der Waals surface area contributed by atoms with Crippen LogP contribution in [0.25, 0.3) is 0 Å². The summed E-state index contributed by atoms with van der Waals surface area (Å²) >= 11 is 8.81. The molecule has 2 atom stereocenters. The Kier molecular flexibility index (Phi) is 4.11. The lowest BCUT2D eigenvalue weighted by Gasteiger charge is -2.11. The van der Waals surface area contributed by atoms with Crippen LogP contribution in [0.2, 0.25) is 5.02 Å². The lowest BCUT2D eigenvalue weighted by molar-refractivity contribution is 0.554. The van der Waals surface area contributed by atoms with Crippen molar-refractivity contribution in [1.82, 2.24) is 4.72 Å². The van der Waals surface area contributed by atoms with Crippen molar-refractivity contribution in [1.29, 1.82) is 0 Å². The van der Waals surface area contributed by atoms with Crippen molar-refractivity contribution in [2.75, 3.05) is 12.3 Å². The Balaban J connectivity index is 2.29. The second kappa shape index (κ2) is 5.20. The molecule has 0 bridgehead atoms. The average molecular weight is 372 g/mol. The van der Waals surface area contributed by atoms with Crippen LogP contribution in [0.5, 0.6) is 0 Å². The highest BCUT2D eigenvalue weighted by Crippen LogP contribution is 2.38. The molecule has 0 aromatic heterocycles. The molecule has 0 saturated heterocycles. The van der Waals surface area contributed by atoms with Gasteiger partial charge in [0.2, 0.25) is 10.0 Å². The molecular formula is C11H13BrClFN2O2S. The first kappa shape index (κ1) is 15.0. The van der Waals surface area contributed by atoms with Crippen molar-refractivity contribution < 1.29 is 12.8 Å². The summed E-state index contributed by atoms with van der Waals surface area (Å²) in [6.07, 6.45) is 0.980. The van der Waals surface area contributed by atoms with Gasteiger partial charge in [0.05, 0.1) is 15.2 Å². The van der Waals surface area contributed by atoms with Gasteiger partial charge in [0.15, 0.2) is 5.82 Å². The molecule has 0 aliphatic heterocycles. The van der Waals surface area contributed by atoms with Crippen LogP contribution >= 0.6 is 27.5 Å². The van der Waals surface area contributed by atoms with E-state index in [1.807, 2.05) is 6.92 Å². The Bertz CT molecular complexity index is 624. The second-order valence-corrected chi connectivity index (χ2v) is 7.66. The van der Waals surface area contributed by atoms with Gasteiger partial charge < -0.3 is 5.73 Å². The monoisotopic (exact) mass is 370 g/mol. The lowest BCUT2D eigenvalue weighted by Crippen LogP contribution is -2.27. The summed E-state index contributed by atoms with van der Waals surface area (Å²) in [7, 11) is -3.94. The van der Waals surface area contributed by atoms with Crippen LogP contribution in [0.1, 0.15) is 13.3 Å². The van der Waals surface area contributed by atoms with Crippen LogP contribution < -0.4 is 10.5 Å². The standard InChI is InChI=1S/C11H13BrClFN2O2S/c1-5-2-6(5)4-16-19(17,18)8-3-7(13)9(12)11(15)10(8)14/h3,5-6,16H,2,4,15H2,1H3. The maximum Gasteiger partial charge on any atom is 0.243 e. The molecule has 3 N–H and O–H groups in total. The highest BCUT2D eigenvalue weighted by atomic mass is 79.9. The smallest absolute Gasteiger partial charge is 0.243 e. The van der Waals surface area contributed by atoms with Gasteiger partial charge >= 0.3 is 0 Å². The molecule has 1 aromatic carbocycles. The third-order valence-electron chi connectivity index (χ3n) is 3.26. The Labute approximate surface area is 124 Å². The van der Waals surface area contributed by atoms with Crippen LogP contribution in [-0.4, -0.2) is 15.0 Å². The van der Waals surface area contributed by atoms with E-state index in [0.29, 0.717) is 18.4 Å². The second-order valence-electron chi connectivity index (χ2n) is 4.72.